The second-order valence-corrected chi connectivity index (χ2v) is 4.25. The first-order valence-corrected chi connectivity index (χ1v) is 5.53. The third-order valence-electron chi connectivity index (χ3n) is 3.10. The molecule has 2 fully saturated rings. The first kappa shape index (κ1) is 11.3. The van der Waals surface area contributed by atoms with Gasteiger partial charge in [0.15, 0.2) is 0 Å². The van der Waals surface area contributed by atoms with Crippen LogP contribution in [0.15, 0.2) is 0 Å². The van der Waals surface area contributed by atoms with Crippen LogP contribution in [0.5, 0.6) is 0 Å². The van der Waals surface area contributed by atoms with Crippen LogP contribution < -0.4 is 10.6 Å². The maximum Gasteiger partial charge on any atom is 0.311 e. The molecule has 2 heterocycles. The molecule has 16 heavy (non-hydrogen) atoms. The van der Waals surface area contributed by atoms with Gasteiger partial charge in [-0.3, -0.25) is 9.59 Å². The highest BCUT2D eigenvalue weighted by Crippen LogP contribution is 2.15. The topological polar surface area (TPSA) is 87.7 Å². The summed E-state index contributed by atoms with van der Waals surface area (Å²) in [4.78, 5) is 22.6. The van der Waals surface area contributed by atoms with Crippen LogP contribution in [-0.4, -0.2) is 48.8 Å². The van der Waals surface area contributed by atoms with Crippen LogP contribution in [0.3, 0.4) is 0 Å². The molecule has 2 aliphatic rings. The van der Waals surface area contributed by atoms with Crippen molar-refractivity contribution in [2.45, 2.75) is 24.9 Å². The average Bonchev–Trinajstić information content (AvgIpc) is 2.86. The summed E-state index contributed by atoms with van der Waals surface area (Å²) in [5, 5.41) is 14.7. The van der Waals surface area contributed by atoms with Crippen molar-refractivity contribution in [3.63, 3.8) is 0 Å². The van der Waals surface area contributed by atoms with E-state index in [0.29, 0.717) is 0 Å². The van der Waals surface area contributed by atoms with Crippen LogP contribution in [0.25, 0.3) is 0 Å². The van der Waals surface area contributed by atoms with E-state index in [0.717, 1.165) is 19.4 Å². The fraction of sp³-hybridized carbons (Fsp3) is 0.800. The van der Waals surface area contributed by atoms with E-state index in [-0.39, 0.29) is 25.2 Å². The van der Waals surface area contributed by atoms with Gasteiger partial charge in [-0.1, -0.05) is 0 Å². The number of ether oxygens (including phenoxy) is 1. The van der Waals surface area contributed by atoms with Crippen LogP contribution in [0, 0.1) is 5.92 Å². The molecule has 0 aromatic carbocycles. The van der Waals surface area contributed by atoms with E-state index >= 15 is 0 Å². The minimum Gasteiger partial charge on any atom is -0.481 e. The molecule has 0 spiro atoms. The van der Waals surface area contributed by atoms with E-state index in [1.54, 1.807) is 0 Å². The number of carbonyl (C=O) groups excluding carboxylic acids is 1. The molecule has 2 saturated heterocycles. The first-order chi connectivity index (χ1) is 7.68. The van der Waals surface area contributed by atoms with Crippen LogP contribution in [0.4, 0.5) is 0 Å². The molecule has 6 heteroatoms. The Labute approximate surface area is 93.3 Å². The second-order valence-electron chi connectivity index (χ2n) is 4.25. The van der Waals surface area contributed by atoms with Gasteiger partial charge >= 0.3 is 5.97 Å². The summed E-state index contributed by atoms with van der Waals surface area (Å²) in [6, 6.07) is -0.567. The number of carboxylic acid groups (broad SMARTS) is 1. The zero-order valence-corrected chi connectivity index (χ0v) is 8.94. The largest absolute Gasteiger partial charge is 0.481 e. The predicted molar refractivity (Wildman–Crippen MR) is 54.9 cm³/mol. The highest BCUT2D eigenvalue weighted by atomic mass is 16.5. The van der Waals surface area contributed by atoms with Crippen LogP contribution in [0.2, 0.25) is 0 Å². The lowest BCUT2D eigenvalue weighted by Crippen LogP contribution is -2.49. The zero-order valence-electron chi connectivity index (χ0n) is 8.94. The van der Waals surface area contributed by atoms with Crippen LogP contribution >= 0.6 is 0 Å². The molecule has 0 aliphatic carbocycles. The van der Waals surface area contributed by atoms with E-state index in [9.17, 15) is 9.59 Å². The standard InChI is InChI=1S/C10H16N2O4/c13-9(7-2-1-3-11-7)12-8-5-16-4-6(8)10(14)15/h6-8,11H,1-5H2,(H,12,13)(H,14,15)/t6?,7-,8?/m1/s1. The number of hydrogen-bond acceptors (Lipinski definition) is 4. The molecule has 3 atom stereocenters. The SMILES string of the molecule is O=C(O)C1COCC1NC(=O)[C@H]1CCCN1. The van der Waals surface area contributed by atoms with E-state index in [2.05, 4.69) is 10.6 Å². The number of carboxylic acids is 1. The maximum absolute atomic E-state index is 11.7. The van der Waals surface area contributed by atoms with Crippen molar-refractivity contribution in [3.05, 3.63) is 0 Å². The van der Waals surface area contributed by atoms with Crippen molar-refractivity contribution >= 4 is 11.9 Å². The third-order valence-corrected chi connectivity index (χ3v) is 3.10. The molecule has 6 nitrogen and oxygen atoms in total. The molecule has 0 saturated carbocycles. The summed E-state index contributed by atoms with van der Waals surface area (Å²) in [6.07, 6.45) is 1.80. The molecule has 0 aromatic rings. The lowest BCUT2D eigenvalue weighted by Gasteiger charge is -2.18. The zero-order chi connectivity index (χ0) is 11.5. The van der Waals surface area contributed by atoms with Gasteiger partial charge in [0.05, 0.1) is 25.3 Å². The van der Waals surface area contributed by atoms with Crippen molar-refractivity contribution in [2.24, 2.45) is 5.92 Å². The maximum atomic E-state index is 11.7. The van der Waals surface area contributed by atoms with Gasteiger partial charge in [0.25, 0.3) is 0 Å². The minimum absolute atomic E-state index is 0.112. The molecular weight excluding hydrogens is 212 g/mol. The van der Waals surface area contributed by atoms with Crippen molar-refractivity contribution < 1.29 is 19.4 Å². The van der Waals surface area contributed by atoms with Gasteiger partial charge in [-0.2, -0.15) is 0 Å². The number of hydrogen-bond donors (Lipinski definition) is 3. The Balaban J connectivity index is 1.88. The van der Waals surface area contributed by atoms with E-state index < -0.39 is 17.9 Å². The first-order valence-electron chi connectivity index (χ1n) is 5.53. The monoisotopic (exact) mass is 228 g/mol. The number of carbonyl (C=O) groups is 2. The normalized spacial score (nSPS) is 33.9. The van der Waals surface area contributed by atoms with E-state index in [1.165, 1.54) is 0 Å². The Kier molecular flexibility index (Phi) is 3.40. The highest BCUT2D eigenvalue weighted by Gasteiger charge is 2.36. The average molecular weight is 228 g/mol. The Morgan fingerprint density at radius 3 is 2.81 bits per heavy atom. The van der Waals surface area contributed by atoms with E-state index in [4.69, 9.17) is 9.84 Å². The number of aliphatic carboxylic acids is 1. The van der Waals surface area contributed by atoms with Crippen molar-refractivity contribution in [1.29, 1.82) is 0 Å². The summed E-state index contributed by atoms with van der Waals surface area (Å²) >= 11 is 0. The molecule has 0 aromatic heterocycles. The molecule has 1 amide bonds. The van der Waals surface area contributed by atoms with Crippen LogP contribution in [-0.2, 0) is 14.3 Å². The molecule has 3 N–H and O–H groups in total. The Morgan fingerprint density at radius 2 is 2.19 bits per heavy atom. The lowest BCUT2D eigenvalue weighted by molar-refractivity contribution is -0.142. The summed E-state index contributed by atoms with van der Waals surface area (Å²) in [5.41, 5.74) is 0. The van der Waals surface area contributed by atoms with E-state index in [1.807, 2.05) is 0 Å². The molecular formula is C10H16N2O4. The van der Waals surface area contributed by atoms with Crippen molar-refractivity contribution in [2.75, 3.05) is 19.8 Å². The van der Waals surface area contributed by atoms with Crippen LogP contribution in [0.1, 0.15) is 12.8 Å². The number of rotatable bonds is 3. The summed E-state index contributed by atoms with van der Waals surface area (Å²) in [5.74, 6) is -1.65. The molecule has 2 rings (SSSR count). The Morgan fingerprint density at radius 1 is 1.38 bits per heavy atom. The number of amides is 1. The fourth-order valence-corrected chi connectivity index (χ4v) is 2.13. The summed E-state index contributed by atoms with van der Waals surface area (Å²) in [6.45, 7) is 1.31. The Hall–Kier alpha value is -1.14. The number of nitrogens with one attached hydrogen (secondary N) is 2. The van der Waals surface area contributed by atoms with Crippen molar-refractivity contribution in [3.8, 4) is 0 Å². The molecule has 0 radical (unpaired) electrons. The fourth-order valence-electron chi connectivity index (χ4n) is 2.13. The van der Waals surface area contributed by atoms with Gasteiger partial charge in [0.2, 0.25) is 5.91 Å². The highest BCUT2D eigenvalue weighted by molar-refractivity contribution is 5.83. The van der Waals surface area contributed by atoms with Gasteiger partial charge in [-0.25, -0.2) is 0 Å². The molecule has 2 unspecified atom stereocenters. The van der Waals surface area contributed by atoms with Crippen molar-refractivity contribution in [1.82, 2.24) is 10.6 Å². The minimum atomic E-state index is -0.915. The predicted octanol–water partition coefficient (Wildman–Crippen LogP) is -1.05. The lowest BCUT2D eigenvalue weighted by atomic mass is 10.0. The Bertz CT molecular complexity index is 289. The molecule has 90 valence electrons. The van der Waals surface area contributed by atoms with Gasteiger partial charge in [-0.05, 0) is 19.4 Å². The third kappa shape index (κ3) is 2.33. The van der Waals surface area contributed by atoms with Gasteiger partial charge in [0.1, 0.15) is 5.92 Å². The summed E-state index contributed by atoms with van der Waals surface area (Å²) in [7, 11) is 0. The van der Waals surface area contributed by atoms with Gasteiger partial charge in [0, 0.05) is 0 Å². The van der Waals surface area contributed by atoms with Gasteiger partial charge in [-0.15, -0.1) is 0 Å². The summed E-state index contributed by atoms with van der Waals surface area (Å²) < 4.78 is 5.08. The molecule has 0 bridgehead atoms. The second kappa shape index (κ2) is 4.80. The smallest absolute Gasteiger partial charge is 0.311 e. The van der Waals surface area contributed by atoms with Gasteiger partial charge < -0.3 is 20.5 Å². The quantitative estimate of drug-likeness (QED) is 0.574. The molecule has 2 aliphatic heterocycles.